The van der Waals surface area contributed by atoms with Gasteiger partial charge in [0, 0.05) is 6.54 Å². The van der Waals surface area contributed by atoms with Crippen LogP contribution >= 0.6 is 0 Å². The molecule has 0 heterocycles. The Labute approximate surface area is 224 Å². The minimum Gasteiger partial charge on any atom is -0.488 e. The molecule has 0 amide bonds. The average molecular weight is 530 g/mol. The van der Waals surface area contributed by atoms with Crippen LogP contribution in [0.2, 0.25) is 0 Å². The zero-order chi connectivity index (χ0) is 27.0. The summed E-state index contributed by atoms with van der Waals surface area (Å²) in [5, 5.41) is 3.40. The Hall–Kier alpha value is -3.94. The van der Waals surface area contributed by atoms with Crippen LogP contribution in [-0.2, 0) is 34.1 Å². The quantitative estimate of drug-likeness (QED) is 0.203. The van der Waals surface area contributed by atoms with Crippen molar-refractivity contribution in [3.8, 4) is 5.75 Å². The van der Waals surface area contributed by atoms with Gasteiger partial charge >= 0.3 is 5.97 Å². The predicted octanol–water partition coefficient (Wildman–Crippen LogP) is 5.53. The monoisotopic (exact) mass is 529 g/mol. The van der Waals surface area contributed by atoms with E-state index in [4.69, 9.17) is 9.47 Å². The highest BCUT2D eigenvalue weighted by atomic mass is 32.2. The highest BCUT2D eigenvalue weighted by Crippen LogP contribution is 2.32. The van der Waals surface area contributed by atoms with Crippen molar-refractivity contribution in [3.63, 3.8) is 0 Å². The van der Waals surface area contributed by atoms with Gasteiger partial charge in [0.15, 0.2) is 0 Å². The van der Waals surface area contributed by atoms with Gasteiger partial charge in [-0.25, -0.2) is 13.2 Å². The molecule has 4 aromatic rings. The molecule has 4 rings (SSSR count). The van der Waals surface area contributed by atoms with Gasteiger partial charge in [-0.15, -0.1) is 0 Å². The Bertz CT molecular complexity index is 1470. The molecule has 0 saturated carbocycles. The molecule has 196 valence electrons. The number of esters is 1. The average Bonchev–Trinajstić information content (AvgIpc) is 2.95. The van der Waals surface area contributed by atoms with Crippen LogP contribution in [0.15, 0.2) is 107 Å². The van der Waals surface area contributed by atoms with Crippen molar-refractivity contribution in [1.82, 2.24) is 5.32 Å². The summed E-state index contributed by atoms with van der Waals surface area (Å²) in [7, 11) is -2.61. The van der Waals surface area contributed by atoms with Gasteiger partial charge in [-0.05, 0) is 66.4 Å². The number of aryl methyl sites for hydroxylation is 1. The molecule has 0 fully saturated rings. The predicted molar refractivity (Wildman–Crippen MR) is 147 cm³/mol. The summed E-state index contributed by atoms with van der Waals surface area (Å²) in [5.41, 5.74) is 3.77. The Morgan fingerprint density at radius 1 is 0.789 bits per heavy atom. The van der Waals surface area contributed by atoms with Gasteiger partial charge in [0.1, 0.15) is 17.9 Å². The molecule has 6 nitrogen and oxygen atoms in total. The molecule has 38 heavy (non-hydrogen) atoms. The zero-order valence-corrected chi connectivity index (χ0v) is 22.3. The maximum absolute atomic E-state index is 13.5. The molecule has 0 aliphatic carbocycles. The first kappa shape index (κ1) is 27.1. The molecule has 7 heteroatoms. The Morgan fingerprint density at radius 2 is 1.42 bits per heavy atom. The first-order valence-corrected chi connectivity index (χ1v) is 13.8. The smallest absolute Gasteiger partial charge is 0.341 e. The number of carbonyl (C=O) groups excluding carboxylic acids is 1. The number of benzene rings is 4. The SMILES string of the molecule is COC(=O)c1cc(S(=O)(=O)c2ccc(CCNCc3ccccc3)cc2)cc(C)c1OCc1ccccc1. The number of carbonyl (C=O) groups is 1. The van der Waals surface area contributed by atoms with E-state index in [9.17, 15) is 13.2 Å². The fraction of sp³-hybridized carbons (Fsp3) is 0.194. The third-order valence-electron chi connectivity index (χ3n) is 6.19. The summed E-state index contributed by atoms with van der Waals surface area (Å²) >= 11 is 0. The van der Waals surface area contributed by atoms with E-state index >= 15 is 0 Å². The molecular formula is C31H31NO5S. The van der Waals surface area contributed by atoms with E-state index in [0.29, 0.717) is 11.3 Å². The molecule has 0 unspecified atom stereocenters. The summed E-state index contributed by atoms with van der Waals surface area (Å²) in [6.07, 6.45) is 0.770. The molecule has 0 bridgehead atoms. The summed E-state index contributed by atoms with van der Waals surface area (Å²) in [4.78, 5) is 12.7. The second kappa shape index (κ2) is 12.5. The van der Waals surface area contributed by atoms with E-state index in [2.05, 4.69) is 17.4 Å². The van der Waals surface area contributed by atoms with Gasteiger partial charge in [-0.3, -0.25) is 0 Å². The highest BCUT2D eigenvalue weighted by molar-refractivity contribution is 7.91. The van der Waals surface area contributed by atoms with E-state index in [1.165, 1.54) is 24.8 Å². The van der Waals surface area contributed by atoms with E-state index in [-0.39, 0.29) is 22.0 Å². The third kappa shape index (κ3) is 6.68. The van der Waals surface area contributed by atoms with Crippen molar-refractivity contribution in [3.05, 3.63) is 125 Å². The maximum atomic E-state index is 13.5. The number of hydrogen-bond acceptors (Lipinski definition) is 6. The van der Waals surface area contributed by atoms with Gasteiger partial charge in [-0.2, -0.15) is 0 Å². The van der Waals surface area contributed by atoms with Crippen LogP contribution in [0.1, 0.15) is 32.6 Å². The van der Waals surface area contributed by atoms with Crippen LogP contribution in [0, 0.1) is 6.92 Å². The van der Waals surface area contributed by atoms with Gasteiger partial charge in [-0.1, -0.05) is 72.8 Å². The van der Waals surface area contributed by atoms with Crippen LogP contribution in [0.5, 0.6) is 5.75 Å². The molecule has 1 N–H and O–H groups in total. The molecule has 0 aliphatic rings. The highest BCUT2D eigenvalue weighted by Gasteiger charge is 2.24. The van der Waals surface area contributed by atoms with Crippen molar-refractivity contribution in [2.75, 3.05) is 13.7 Å². The lowest BCUT2D eigenvalue weighted by Gasteiger charge is -2.16. The van der Waals surface area contributed by atoms with E-state index in [0.717, 1.165) is 30.6 Å². The number of methoxy groups -OCH3 is 1. The van der Waals surface area contributed by atoms with E-state index < -0.39 is 15.8 Å². The normalized spacial score (nSPS) is 11.2. The molecule has 4 aromatic carbocycles. The number of nitrogens with one attached hydrogen (secondary N) is 1. The second-order valence-electron chi connectivity index (χ2n) is 8.94. The van der Waals surface area contributed by atoms with Gasteiger partial charge in [0.05, 0.1) is 16.9 Å². The lowest BCUT2D eigenvalue weighted by molar-refractivity contribution is 0.0595. The first-order chi connectivity index (χ1) is 18.4. The third-order valence-corrected chi connectivity index (χ3v) is 7.93. The molecule has 0 aromatic heterocycles. The molecule has 0 atom stereocenters. The molecule has 0 saturated heterocycles. The molecular weight excluding hydrogens is 498 g/mol. The minimum absolute atomic E-state index is 0.0136. The lowest BCUT2D eigenvalue weighted by Crippen LogP contribution is -2.16. The van der Waals surface area contributed by atoms with Crippen LogP contribution in [0.4, 0.5) is 0 Å². The van der Waals surface area contributed by atoms with Gasteiger partial charge in [0.2, 0.25) is 9.84 Å². The van der Waals surface area contributed by atoms with Crippen LogP contribution in [0.3, 0.4) is 0 Å². The second-order valence-corrected chi connectivity index (χ2v) is 10.9. The summed E-state index contributed by atoms with van der Waals surface area (Å²) in [5.74, 6) is -0.357. The van der Waals surface area contributed by atoms with E-state index in [1.807, 2.05) is 60.7 Å². The maximum Gasteiger partial charge on any atom is 0.341 e. The van der Waals surface area contributed by atoms with Crippen LogP contribution in [-0.4, -0.2) is 28.0 Å². The largest absolute Gasteiger partial charge is 0.488 e. The van der Waals surface area contributed by atoms with Crippen molar-refractivity contribution in [1.29, 1.82) is 0 Å². The Morgan fingerprint density at radius 3 is 2.05 bits per heavy atom. The summed E-state index contributed by atoms with van der Waals surface area (Å²) in [6.45, 7) is 3.50. The van der Waals surface area contributed by atoms with Crippen molar-refractivity contribution in [2.45, 2.75) is 36.3 Å². The van der Waals surface area contributed by atoms with Crippen LogP contribution in [0.25, 0.3) is 0 Å². The van der Waals surface area contributed by atoms with Crippen molar-refractivity contribution < 1.29 is 22.7 Å². The van der Waals surface area contributed by atoms with Gasteiger partial charge in [0.25, 0.3) is 0 Å². The standard InChI is InChI=1S/C31H31NO5S/c1-23-19-28(20-29(31(33)36-2)30(23)37-22-26-11-7-4-8-12-26)38(34,35)27-15-13-24(14-16-27)17-18-32-21-25-9-5-3-6-10-25/h3-16,19-20,32H,17-18,21-22H2,1-2H3. The number of rotatable bonds is 11. The summed E-state index contributed by atoms with van der Waals surface area (Å²) in [6, 6.07) is 29.4. The number of hydrogen-bond donors (Lipinski definition) is 1. The summed E-state index contributed by atoms with van der Waals surface area (Å²) < 4.78 is 37.8. The van der Waals surface area contributed by atoms with Gasteiger partial charge < -0.3 is 14.8 Å². The van der Waals surface area contributed by atoms with E-state index in [1.54, 1.807) is 19.1 Å². The van der Waals surface area contributed by atoms with Crippen molar-refractivity contribution in [2.24, 2.45) is 0 Å². The Kier molecular flexibility index (Phi) is 8.94. The van der Waals surface area contributed by atoms with Crippen LogP contribution < -0.4 is 10.1 Å². The number of sulfone groups is 1. The minimum atomic E-state index is -3.87. The fourth-order valence-electron chi connectivity index (χ4n) is 4.11. The lowest BCUT2D eigenvalue weighted by atomic mass is 10.1. The molecule has 0 radical (unpaired) electrons. The molecule has 0 spiro atoms. The fourth-order valence-corrected chi connectivity index (χ4v) is 5.48. The number of ether oxygens (including phenoxy) is 2. The first-order valence-electron chi connectivity index (χ1n) is 12.4. The van der Waals surface area contributed by atoms with Crippen molar-refractivity contribution >= 4 is 15.8 Å². The topological polar surface area (TPSA) is 81.7 Å². The Balaban J connectivity index is 1.49. The zero-order valence-electron chi connectivity index (χ0n) is 21.5. The molecule has 0 aliphatic heterocycles.